The van der Waals surface area contributed by atoms with Crippen molar-refractivity contribution in [2.75, 3.05) is 13.2 Å². The summed E-state index contributed by atoms with van der Waals surface area (Å²) in [5.74, 6) is 1.15. The maximum atomic E-state index is 12.6. The van der Waals surface area contributed by atoms with E-state index in [0.717, 1.165) is 21.2 Å². The number of para-hydroxylation sites is 1. The molecule has 2 N–H and O–H groups in total. The van der Waals surface area contributed by atoms with Gasteiger partial charge in [0, 0.05) is 12.1 Å². The first-order valence-corrected chi connectivity index (χ1v) is 15.5. The predicted octanol–water partition coefficient (Wildman–Crippen LogP) is 4.37. The van der Waals surface area contributed by atoms with Crippen LogP contribution in [0.5, 0.6) is 11.5 Å². The normalized spacial score (nSPS) is 18.5. The van der Waals surface area contributed by atoms with Gasteiger partial charge in [-0.05, 0) is 65.2 Å². The van der Waals surface area contributed by atoms with Gasteiger partial charge in [-0.15, -0.1) is 0 Å². The molecule has 0 atom stereocenters. The number of nitrogens with one attached hydrogen (secondary N) is 2. The molecule has 42 heavy (non-hydrogen) atoms. The van der Waals surface area contributed by atoms with E-state index in [2.05, 4.69) is 24.2 Å². The Balaban J connectivity index is 1.17. The van der Waals surface area contributed by atoms with Crippen LogP contribution in [0.2, 0.25) is 0 Å². The van der Waals surface area contributed by atoms with Gasteiger partial charge in [0.05, 0.1) is 23.7 Å². The lowest BCUT2D eigenvalue weighted by molar-refractivity contribution is -0.118. The van der Waals surface area contributed by atoms with Crippen molar-refractivity contribution in [3.63, 3.8) is 0 Å². The number of carbonyl (C=O) groups is 2. The van der Waals surface area contributed by atoms with E-state index < -0.39 is 16.1 Å². The quantitative estimate of drug-likeness (QED) is 0.328. The van der Waals surface area contributed by atoms with Crippen molar-refractivity contribution < 1.29 is 27.5 Å². The summed E-state index contributed by atoms with van der Waals surface area (Å²) in [4.78, 5) is 29.0. The fourth-order valence-corrected chi connectivity index (χ4v) is 6.03. The number of amidine groups is 1. The first kappa shape index (κ1) is 29.4. The van der Waals surface area contributed by atoms with Crippen LogP contribution in [0.3, 0.4) is 0 Å². The second kappa shape index (κ2) is 12.8. The number of hydrogen-bond acceptors (Lipinski definition) is 8. The Labute approximate surface area is 249 Å². The number of amides is 2. The fourth-order valence-electron chi connectivity index (χ4n) is 4.10. The molecule has 3 aromatic rings. The van der Waals surface area contributed by atoms with Crippen molar-refractivity contribution in [3.8, 4) is 11.5 Å². The van der Waals surface area contributed by atoms with Crippen LogP contribution in [-0.4, -0.2) is 42.9 Å². The maximum Gasteiger partial charge on any atom is 0.304 e. The van der Waals surface area contributed by atoms with Crippen molar-refractivity contribution in [1.82, 2.24) is 14.3 Å². The molecule has 3 aromatic carbocycles. The smallest absolute Gasteiger partial charge is 0.304 e. The van der Waals surface area contributed by atoms with Gasteiger partial charge in [-0.1, -0.05) is 56.3 Å². The summed E-state index contributed by atoms with van der Waals surface area (Å²) < 4.78 is 38.8. The van der Waals surface area contributed by atoms with Crippen LogP contribution >= 0.6 is 11.8 Å². The van der Waals surface area contributed by atoms with Gasteiger partial charge in [0.2, 0.25) is 5.91 Å². The van der Waals surface area contributed by atoms with Gasteiger partial charge in [0.15, 0.2) is 5.17 Å². The zero-order valence-corrected chi connectivity index (χ0v) is 24.7. The first-order valence-electron chi connectivity index (χ1n) is 13.3. The van der Waals surface area contributed by atoms with Gasteiger partial charge in [-0.3, -0.25) is 9.59 Å². The summed E-state index contributed by atoms with van der Waals surface area (Å²) in [6.45, 7) is 5.09. The number of carbonyl (C=O) groups excluding carboxylic acids is 2. The van der Waals surface area contributed by atoms with Gasteiger partial charge in [0.1, 0.15) is 18.1 Å². The molecule has 2 aliphatic rings. The highest BCUT2D eigenvalue weighted by Crippen LogP contribution is 2.29. The maximum absolute atomic E-state index is 12.6. The third kappa shape index (κ3) is 7.58. The molecule has 2 fully saturated rings. The van der Waals surface area contributed by atoms with Crippen LogP contribution in [0, 0.1) is 5.92 Å². The van der Waals surface area contributed by atoms with Gasteiger partial charge < -0.3 is 14.8 Å². The average Bonchev–Trinajstić information content (AvgIpc) is 3.43. The summed E-state index contributed by atoms with van der Waals surface area (Å²) in [6, 6.07) is 22.2. The molecule has 0 saturated carbocycles. The summed E-state index contributed by atoms with van der Waals surface area (Å²) in [5.41, 5.74) is 3.12. The number of hydrogen-bond donors (Lipinski definition) is 2. The van der Waals surface area contributed by atoms with Crippen LogP contribution in [0.1, 0.15) is 30.5 Å². The van der Waals surface area contributed by atoms with Crippen LogP contribution < -0.4 is 19.5 Å². The third-order valence-electron chi connectivity index (χ3n) is 6.20. The molecule has 2 amide bonds. The first-order chi connectivity index (χ1) is 20.1. The molecule has 2 heterocycles. The Morgan fingerprint density at radius 3 is 2.43 bits per heavy atom. The zero-order valence-electron chi connectivity index (χ0n) is 23.1. The summed E-state index contributed by atoms with van der Waals surface area (Å²) in [6.07, 6.45) is 1.79. The Kier molecular flexibility index (Phi) is 8.95. The number of thioether (sulfide) groups is 1. The minimum Gasteiger partial charge on any atom is -0.493 e. The number of ether oxygens (including phenoxy) is 2. The highest BCUT2D eigenvalue weighted by atomic mass is 32.2. The highest BCUT2D eigenvalue weighted by Gasteiger charge is 2.33. The Bertz CT molecular complexity index is 1630. The minimum absolute atomic E-state index is 0.0696. The van der Waals surface area contributed by atoms with E-state index in [1.807, 2.05) is 53.3 Å². The van der Waals surface area contributed by atoms with Crippen molar-refractivity contribution in [2.24, 2.45) is 10.9 Å². The molecule has 0 spiro atoms. The second-order valence-corrected chi connectivity index (χ2v) is 12.8. The lowest BCUT2D eigenvalue weighted by Gasteiger charge is -2.14. The van der Waals surface area contributed by atoms with E-state index in [4.69, 9.17) is 9.47 Å². The largest absolute Gasteiger partial charge is 0.493 e. The lowest BCUT2D eigenvalue weighted by Crippen LogP contribution is -2.29. The van der Waals surface area contributed by atoms with Crippen molar-refractivity contribution in [1.29, 1.82) is 0 Å². The molecule has 218 valence electrons. The zero-order chi connectivity index (χ0) is 29.7. The molecule has 0 bridgehead atoms. The molecule has 0 radical (unpaired) electrons. The summed E-state index contributed by atoms with van der Waals surface area (Å²) >= 11 is 1.23. The molecule has 0 aliphatic carbocycles. The summed E-state index contributed by atoms with van der Waals surface area (Å²) in [7, 11) is -3.79. The summed E-state index contributed by atoms with van der Waals surface area (Å²) in [5, 5.41) is 3.21. The Hall–Kier alpha value is -4.13. The molecule has 0 unspecified atom stereocenters. The standard InChI is InChI=1S/C30H30N4O6S2/c1-20(2)18-40-26-6-4-3-5-23(26)19-39-25-13-9-21(10-14-25)15-27-29(36)32-30(41-27)31-24-11-7-22(8-12-24)16-34-17-28(35)33-42(34,37)38/h3-15,20H,16-19H2,1-2H3,(H,33,35)(H,31,32,36)/b27-15+. The van der Waals surface area contributed by atoms with E-state index in [-0.39, 0.29) is 19.0 Å². The number of benzene rings is 3. The highest BCUT2D eigenvalue weighted by molar-refractivity contribution is 8.18. The van der Waals surface area contributed by atoms with Gasteiger partial charge in [0.25, 0.3) is 5.91 Å². The fraction of sp³-hybridized carbons (Fsp3) is 0.233. The molecule has 2 saturated heterocycles. The number of rotatable bonds is 10. The molecule has 12 heteroatoms. The van der Waals surface area contributed by atoms with Crippen molar-refractivity contribution in [3.05, 3.63) is 94.4 Å². The predicted molar refractivity (Wildman–Crippen MR) is 162 cm³/mol. The monoisotopic (exact) mass is 606 g/mol. The van der Waals surface area contributed by atoms with E-state index in [9.17, 15) is 18.0 Å². The molecule has 5 rings (SSSR count). The van der Waals surface area contributed by atoms with Gasteiger partial charge in [-0.25, -0.2) is 9.71 Å². The van der Waals surface area contributed by atoms with Crippen LogP contribution in [-0.2, 0) is 33.0 Å². The lowest BCUT2D eigenvalue weighted by atomic mass is 10.2. The molecular weight excluding hydrogens is 576 g/mol. The minimum atomic E-state index is -3.79. The Morgan fingerprint density at radius 2 is 1.74 bits per heavy atom. The Morgan fingerprint density at radius 1 is 1.00 bits per heavy atom. The molecule has 2 aliphatic heterocycles. The van der Waals surface area contributed by atoms with E-state index in [1.54, 1.807) is 30.3 Å². The van der Waals surface area contributed by atoms with Gasteiger partial charge >= 0.3 is 10.2 Å². The molecule has 0 aromatic heterocycles. The van der Waals surface area contributed by atoms with Crippen LogP contribution in [0.15, 0.2) is 82.7 Å². The van der Waals surface area contributed by atoms with Crippen molar-refractivity contribution >= 4 is 50.7 Å². The van der Waals surface area contributed by atoms with E-state index >= 15 is 0 Å². The number of aliphatic imine (C=N–C) groups is 1. The van der Waals surface area contributed by atoms with Gasteiger partial charge in [-0.2, -0.15) is 12.7 Å². The number of nitrogens with zero attached hydrogens (tertiary/aromatic N) is 2. The van der Waals surface area contributed by atoms with Crippen LogP contribution in [0.4, 0.5) is 5.69 Å². The average molecular weight is 607 g/mol. The molecule has 10 nitrogen and oxygen atoms in total. The van der Waals surface area contributed by atoms with E-state index in [0.29, 0.717) is 46.2 Å². The second-order valence-electron chi connectivity index (χ2n) is 10.1. The van der Waals surface area contributed by atoms with Crippen LogP contribution in [0.25, 0.3) is 6.08 Å². The van der Waals surface area contributed by atoms with Crippen molar-refractivity contribution in [2.45, 2.75) is 27.0 Å². The third-order valence-corrected chi connectivity index (χ3v) is 8.53. The van der Waals surface area contributed by atoms with E-state index in [1.165, 1.54) is 11.8 Å². The topological polar surface area (TPSA) is 126 Å². The molecular formula is C30H30N4O6S2. The SMILES string of the molecule is CC(C)COc1ccccc1COc1ccc(/C=C2/SC(=Nc3ccc(CN4CC(=O)NS4(=O)=O)cc3)NC2=O)cc1.